The van der Waals surface area contributed by atoms with E-state index in [1.165, 1.54) is 5.56 Å². The number of rotatable bonds is 7. The van der Waals surface area contributed by atoms with E-state index in [2.05, 4.69) is 22.3 Å². The molecule has 35 heavy (non-hydrogen) atoms. The number of fused-ring (bicyclic) bond motifs is 2. The lowest BCUT2D eigenvalue weighted by Gasteiger charge is -2.32. The summed E-state index contributed by atoms with van der Waals surface area (Å²) in [7, 11) is 0. The van der Waals surface area contributed by atoms with Gasteiger partial charge in [-0.3, -0.25) is 9.59 Å². The summed E-state index contributed by atoms with van der Waals surface area (Å²) < 4.78 is 13.1. The number of aryl methyl sites for hydroxylation is 1. The van der Waals surface area contributed by atoms with Crippen LogP contribution in [0, 0.1) is 6.92 Å². The monoisotopic (exact) mass is 476 g/mol. The molecule has 0 spiro atoms. The molecule has 0 aliphatic carbocycles. The number of likely N-dealkylation sites (tertiary alicyclic amines) is 1. The van der Waals surface area contributed by atoms with Gasteiger partial charge < -0.3 is 30.0 Å². The van der Waals surface area contributed by atoms with Crippen LogP contribution in [0.5, 0.6) is 11.5 Å². The minimum Gasteiger partial charge on any atom is -0.486 e. The highest BCUT2D eigenvalue weighted by Gasteiger charge is 2.20. The Balaban J connectivity index is 1.17. The van der Waals surface area contributed by atoms with Gasteiger partial charge in [0.1, 0.15) is 13.2 Å². The molecule has 2 aromatic carbocycles. The summed E-state index contributed by atoms with van der Waals surface area (Å²) in [5, 5.41) is 4.64. The lowest BCUT2D eigenvalue weighted by molar-refractivity contribution is 0.100. The molecule has 0 radical (unpaired) electrons. The molecule has 0 bridgehead atoms. The normalized spacial score (nSPS) is 16.5. The Morgan fingerprint density at radius 2 is 1.80 bits per heavy atom. The van der Waals surface area contributed by atoms with E-state index in [1.807, 2.05) is 19.1 Å². The molecule has 5 rings (SSSR count). The lowest BCUT2D eigenvalue weighted by atomic mass is 10.0. The van der Waals surface area contributed by atoms with E-state index in [0.29, 0.717) is 31.4 Å². The number of hydrogen-bond donors (Lipinski definition) is 2. The van der Waals surface area contributed by atoms with Gasteiger partial charge >= 0.3 is 0 Å². The highest BCUT2D eigenvalue weighted by Crippen LogP contribution is 2.30. The van der Waals surface area contributed by atoms with Crippen molar-refractivity contribution in [1.82, 2.24) is 14.8 Å². The maximum Gasteiger partial charge on any atom is 0.251 e. The Kier molecular flexibility index (Phi) is 6.74. The number of hydrogen-bond acceptors (Lipinski definition) is 6. The van der Waals surface area contributed by atoms with Crippen molar-refractivity contribution in [1.29, 1.82) is 0 Å². The number of benzene rings is 2. The van der Waals surface area contributed by atoms with Crippen molar-refractivity contribution >= 4 is 16.8 Å². The minimum absolute atomic E-state index is 0.0485. The third kappa shape index (κ3) is 5.18. The molecule has 1 saturated heterocycles. The molecule has 2 aliphatic heterocycles. The maximum absolute atomic E-state index is 12.8. The zero-order chi connectivity index (χ0) is 24.4. The predicted molar refractivity (Wildman–Crippen MR) is 135 cm³/mol. The second kappa shape index (κ2) is 10.1. The topological polar surface area (TPSA) is 98.8 Å². The Hall–Kier alpha value is -3.36. The molecule has 0 atom stereocenters. The van der Waals surface area contributed by atoms with Gasteiger partial charge in [-0.15, -0.1) is 0 Å². The Bertz CT molecular complexity index is 1290. The van der Waals surface area contributed by atoms with Gasteiger partial charge in [0.2, 0.25) is 5.91 Å². The average molecular weight is 477 g/mol. The summed E-state index contributed by atoms with van der Waals surface area (Å²) in [6.45, 7) is 7.23. The van der Waals surface area contributed by atoms with Crippen LogP contribution in [0.1, 0.15) is 34.3 Å². The van der Waals surface area contributed by atoms with Gasteiger partial charge in [-0.05, 0) is 68.2 Å². The van der Waals surface area contributed by atoms with Crippen LogP contribution in [0.15, 0.2) is 47.3 Å². The van der Waals surface area contributed by atoms with Crippen LogP contribution in [0.4, 0.5) is 0 Å². The SMILES string of the molecule is Cc1cc(=O)n(CCN2CCC(NCc3ccc4c(c3)OCCO4)CC2)c2cc(C(N)=O)ccc12. The van der Waals surface area contributed by atoms with Crippen molar-refractivity contribution in [2.45, 2.75) is 38.9 Å². The number of amides is 1. The molecule has 1 aromatic heterocycles. The van der Waals surface area contributed by atoms with E-state index in [9.17, 15) is 9.59 Å². The molecule has 3 N–H and O–H groups in total. The molecule has 0 unspecified atom stereocenters. The number of piperidine rings is 1. The van der Waals surface area contributed by atoms with Crippen molar-refractivity contribution in [3.05, 3.63) is 69.5 Å². The summed E-state index contributed by atoms with van der Waals surface area (Å²) in [6.07, 6.45) is 2.11. The third-order valence-electron chi connectivity index (χ3n) is 7.03. The fraction of sp³-hybridized carbons (Fsp3) is 0.407. The molecule has 1 fully saturated rings. The van der Waals surface area contributed by atoms with Gasteiger partial charge in [-0.1, -0.05) is 12.1 Å². The van der Waals surface area contributed by atoms with Crippen molar-refractivity contribution in [3.63, 3.8) is 0 Å². The van der Waals surface area contributed by atoms with Crippen LogP contribution in [0.25, 0.3) is 10.9 Å². The first kappa shape index (κ1) is 23.4. The second-order valence-electron chi connectivity index (χ2n) is 9.39. The zero-order valence-corrected chi connectivity index (χ0v) is 20.1. The fourth-order valence-corrected chi connectivity index (χ4v) is 4.99. The molecule has 8 heteroatoms. The van der Waals surface area contributed by atoms with Crippen molar-refractivity contribution in [2.75, 3.05) is 32.8 Å². The first-order valence-corrected chi connectivity index (χ1v) is 12.3. The van der Waals surface area contributed by atoms with Crippen molar-refractivity contribution in [2.24, 2.45) is 5.73 Å². The molecule has 1 amide bonds. The Labute approximate surface area is 204 Å². The maximum atomic E-state index is 12.8. The number of nitrogens with one attached hydrogen (secondary N) is 1. The van der Waals surface area contributed by atoms with E-state index < -0.39 is 5.91 Å². The summed E-state index contributed by atoms with van der Waals surface area (Å²) in [4.78, 5) is 26.9. The summed E-state index contributed by atoms with van der Waals surface area (Å²) in [6, 6.07) is 13.6. The largest absolute Gasteiger partial charge is 0.486 e. The number of nitrogens with two attached hydrogens (primary N) is 1. The van der Waals surface area contributed by atoms with Gasteiger partial charge in [0.05, 0.1) is 5.52 Å². The number of ether oxygens (including phenoxy) is 2. The molecular formula is C27H32N4O4. The third-order valence-corrected chi connectivity index (χ3v) is 7.03. The number of carbonyl (C=O) groups is 1. The van der Waals surface area contributed by atoms with Crippen molar-refractivity contribution < 1.29 is 14.3 Å². The Morgan fingerprint density at radius 1 is 1.03 bits per heavy atom. The van der Waals surface area contributed by atoms with Gasteiger partial charge in [-0.2, -0.15) is 0 Å². The quantitative estimate of drug-likeness (QED) is 0.544. The van der Waals surface area contributed by atoms with Crippen LogP contribution in [-0.2, 0) is 13.1 Å². The van der Waals surface area contributed by atoms with Gasteiger partial charge in [0.15, 0.2) is 11.5 Å². The summed E-state index contributed by atoms with van der Waals surface area (Å²) in [5.41, 5.74) is 8.71. The van der Waals surface area contributed by atoms with E-state index in [4.69, 9.17) is 15.2 Å². The van der Waals surface area contributed by atoms with Gasteiger partial charge in [-0.25, -0.2) is 0 Å². The number of nitrogens with zero attached hydrogens (tertiary/aromatic N) is 2. The molecule has 184 valence electrons. The highest BCUT2D eigenvalue weighted by molar-refractivity contribution is 5.97. The zero-order valence-electron chi connectivity index (χ0n) is 20.1. The van der Waals surface area contributed by atoms with E-state index >= 15 is 0 Å². The first-order chi connectivity index (χ1) is 17.0. The molecule has 3 aromatic rings. The molecule has 2 aliphatic rings. The number of primary amides is 1. The average Bonchev–Trinajstić information content (AvgIpc) is 2.87. The number of carbonyl (C=O) groups excluding carboxylic acids is 1. The van der Waals surface area contributed by atoms with Crippen LogP contribution >= 0.6 is 0 Å². The molecular weight excluding hydrogens is 444 g/mol. The van der Waals surface area contributed by atoms with Gasteiger partial charge in [0.25, 0.3) is 5.56 Å². The molecule has 8 nitrogen and oxygen atoms in total. The van der Waals surface area contributed by atoms with Gasteiger partial charge in [0, 0.05) is 42.7 Å². The highest BCUT2D eigenvalue weighted by atomic mass is 16.6. The smallest absolute Gasteiger partial charge is 0.251 e. The van der Waals surface area contributed by atoms with Crippen LogP contribution in [0.2, 0.25) is 0 Å². The van der Waals surface area contributed by atoms with Crippen LogP contribution in [0.3, 0.4) is 0 Å². The number of aromatic nitrogens is 1. The standard InChI is InChI=1S/C27H32N4O4/c1-18-14-26(32)31(23-16-20(27(28)33)3-4-22(18)23)11-10-30-8-6-21(7-9-30)29-17-19-2-5-24-25(15-19)35-13-12-34-24/h2-5,14-16,21,29H,6-13,17H2,1H3,(H2,28,33). The van der Waals surface area contributed by atoms with Crippen LogP contribution in [-0.4, -0.2) is 54.3 Å². The minimum atomic E-state index is -0.488. The summed E-state index contributed by atoms with van der Waals surface area (Å²) in [5.74, 6) is 1.16. The molecule has 3 heterocycles. The lowest BCUT2D eigenvalue weighted by Crippen LogP contribution is -2.43. The van der Waals surface area contributed by atoms with Crippen molar-refractivity contribution in [3.8, 4) is 11.5 Å². The molecule has 0 saturated carbocycles. The second-order valence-corrected chi connectivity index (χ2v) is 9.39. The van der Waals surface area contributed by atoms with E-state index in [1.54, 1.807) is 22.8 Å². The predicted octanol–water partition coefficient (Wildman–Crippen LogP) is 2.43. The Morgan fingerprint density at radius 3 is 2.57 bits per heavy atom. The van der Waals surface area contributed by atoms with Crippen LogP contribution < -0.4 is 26.1 Å². The van der Waals surface area contributed by atoms with E-state index in [-0.39, 0.29) is 5.56 Å². The first-order valence-electron chi connectivity index (χ1n) is 12.3. The summed E-state index contributed by atoms with van der Waals surface area (Å²) >= 11 is 0. The fourth-order valence-electron chi connectivity index (χ4n) is 4.99. The number of pyridine rings is 1. The van der Waals surface area contributed by atoms with E-state index in [0.717, 1.165) is 67.0 Å².